The van der Waals surface area contributed by atoms with Crippen molar-refractivity contribution in [1.29, 1.82) is 0 Å². The van der Waals surface area contributed by atoms with Gasteiger partial charge in [-0.15, -0.1) is 0 Å². The van der Waals surface area contributed by atoms with Gasteiger partial charge in [-0.25, -0.2) is 22.0 Å². The number of ether oxygens (including phenoxy) is 1. The Morgan fingerprint density at radius 3 is 2.00 bits per heavy atom. The topological polar surface area (TPSA) is 9.23 Å². The lowest BCUT2D eigenvalue weighted by Gasteiger charge is -2.27. The predicted molar refractivity (Wildman–Crippen MR) is 137 cm³/mol. The average molecular weight is 515 g/mol. The number of rotatable bonds is 8. The van der Waals surface area contributed by atoms with E-state index in [1.807, 2.05) is 26.0 Å². The molecule has 4 rings (SSSR count). The summed E-state index contributed by atoms with van der Waals surface area (Å²) in [6, 6.07) is 9.41. The standard InChI is InChI=1S/C31H31F5O/c1-3-5-19-9-13-23(27(32)17-19)24-15-16-26(31(36)30(24)35)25-14-11-21(28(33)29(25)34)10-7-20-8-12-22(6-4-2)37-18-20/h4,6,9,11,13-17,20,22H,3,5,7-8,10,12,18H2,1-2H3/b6-4+. The molecular weight excluding hydrogens is 483 g/mol. The van der Waals surface area contributed by atoms with E-state index in [0.29, 0.717) is 25.9 Å². The number of hydrogen-bond donors (Lipinski definition) is 0. The van der Waals surface area contributed by atoms with Gasteiger partial charge in [0, 0.05) is 22.3 Å². The van der Waals surface area contributed by atoms with Gasteiger partial charge in [0.1, 0.15) is 5.82 Å². The van der Waals surface area contributed by atoms with E-state index in [4.69, 9.17) is 4.74 Å². The van der Waals surface area contributed by atoms with Crippen LogP contribution >= 0.6 is 0 Å². The minimum Gasteiger partial charge on any atom is -0.374 e. The van der Waals surface area contributed by atoms with Crippen molar-refractivity contribution in [2.45, 2.75) is 58.5 Å². The molecule has 3 aromatic rings. The Morgan fingerprint density at radius 1 is 0.784 bits per heavy atom. The van der Waals surface area contributed by atoms with Crippen LogP contribution < -0.4 is 0 Å². The van der Waals surface area contributed by atoms with Gasteiger partial charge in [0.2, 0.25) is 0 Å². The summed E-state index contributed by atoms with van der Waals surface area (Å²) in [5, 5.41) is 0. The highest BCUT2D eigenvalue weighted by Crippen LogP contribution is 2.35. The minimum absolute atomic E-state index is 0.0893. The summed E-state index contributed by atoms with van der Waals surface area (Å²) in [7, 11) is 0. The molecule has 0 saturated carbocycles. The van der Waals surface area contributed by atoms with Gasteiger partial charge in [0.15, 0.2) is 23.3 Å². The van der Waals surface area contributed by atoms with Crippen LogP contribution in [0.3, 0.4) is 0 Å². The molecule has 6 heteroatoms. The lowest BCUT2D eigenvalue weighted by atomic mass is 9.91. The Morgan fingerprint density at radius 2 is 1.41 bits per heavy atom. The smallest absolute Gasteiger partial charge is 0.167 e. The zero-order valence-corrected chi connectivity index (χ0v) is 21.1. The van der Waals surface area contributed by atoms with Crippen molar-refractivity contribution in [1.82, 2.24) is 0 Å². The fourth-order valence-electron chi connectivity index (χ4n) is 4.96. The molecule has 1 nitrogen and oxygen atoms in total. The molecule has 2 unspecified atom stereocenters. The number of hydrogen-bond acceptors (Lipinski definition) is 1. The van der Waals surface area contributed by atoms with Crippen molar-refractivity contribution < 1.29 is 26.7 Å². The Kier molecular flexibility index (Phi) is 8.80. The Balaban J connectivity index is 1.53. The van der Waals surface area contributed by atoms with Crippen LogP contribution in [0.25, 0.3) is 22.3 Å². The highest BCUT2D eigenvalue weighted by atomic mass is 19.2. The van der Waals surface area contributed by atoms with Gasteiger partial charge in [0.25, 0.3) is 0 Å². The van der Waals surface area contributed by atoms with Crippen LogP contribution in [0, 0.1) is 35.0 Å². The van der Waals surface area contributed by atoms with Crippen LogP contribution in [-0.4, -0.2) is 12.7 Å². The SMILES string of the molecule is C/C=C/C1CCC(CCc2ccc(-c3ccc(-c4ccc(CCC)cc4F)c(F)c3F)c(F)c2F)CO1. The summed E-state index contributed by atoms with van der Waals surface area (Å²) in [4.78, 5) is 0. The van der Waals surface area contributed by atoms with Crippen molar-refractivity contribution in [3.63, 3.8) is 0 Å². The lowest BCUT2D eigenvalue weighted by Crippen LogP contribution is -2.24. The molecule has 0 radical (unpaired) electrons. The number of aryl methyl sites for hydroxylation is 2. The van der Waals surface area contributed by atoms with Crippen molar-refractivity contribution in [3.05, 3.63) is 94.8 Å². The van der Waals surface area contributed by atoms with Crippen LogP contribution in [0.1, 0.15) is 50.7 Å². The Bertz CT molecular complexity index is 1280. The normalized spacial score (nSPS) is 18.0. The van der Waals surface area contributed by atoms with Crippen molar-refractivity contribution in [3.8, 4) is 22.3 Å². The summed E-state index contributed by atoms with van der Waals surface area (Å²) in [6.07, 6.45) is 8.34. The third-order valence-electron chi connectivity index (χ3n) is 7.03. The number of allylic oxidation sites excluding steroid dienone is 1. The first-order valence-electron chi connectivity index (χ1n) is 12.8. The van der Waals surface area contributed by atoms with Gasteiger partial charge in [-0.2, -0.15) is 0 Å². The maximum Gasteiger partial charge on any atom is 0.167 e. The average Bonchev–Trinajstić information content (AvgIpc) is 2.89. The molecule has 0 amide bonds. The first kappa shape index (κ1) is 27.1. The maximum atomic E-state index is 15.0. The number of benzene rings is 3. The van der Waals surface area contributed by atoms with E-state index >= 15 is 13.2 Å². The fraction of sp³-hybridized carbons (Fsp3) is 0.355. The molecule has 3 aromatic carbocycles. The second-order valence-corrected chi connectivity index (χ2v) is 9.63. The highest BCUT2D eigenvalue weighted by molar-refractivity contribution is 5.72. The summed E-state index contributed by atoms with van der Waals surface area (Å²) in [5.41, 5.74) is -0.211. The molecule has 0 aromatic heterocycles. The summed E-state index contributed by atoms with van der Waals surface area (Å²) >= 11 is 0. The van der Waals surface area contributed by atoms with Crippen molar-refractivity contribution >= 4 is 0 Å². The third kappa shape index (κ3) is 5.96. The van der Waals surface area contributed by atoms with E-state index in [0.717, 1.165) is 30.9 Å². The van der Waals surface area contributed by atoms with E-state index in [-0.39, 0.29) is 34.3 Å². The molecule has 1 aliphatic rings. The molecule has 1 aliphatic heterocycles. The third-order valence-corrected chi connectivity index (χ3v) is 7.03. The molecule has 0 N–H and O–H groups in total. The lowest BCUT2D eigenvalue weighted by molar-refractivity contribution is 0.00856. The van der Waals surface area contributed by atoms with Crippen LogP contribution in [-0.2, 0) is 17.6 Å². The molecule has 0 spiro atoms. The molecule has 0 aliphatic carbocycles. The molecule has 2 atom stereocenters. The van der Waals surface area contributed by atoms with Gasteiger partial charge >= 0.3 is 0 Å². The second kappa shape index (κ2) is 12.0. The molecule has 1 saturated heterocycles. The zero-order chi connectivity index (χ0) is 26.5. The van der Waals surface area contributed by atoms with Gasteiger partial charge in [-0.1, -0.05) is 61.9 Å². The van der Waals surface area contributed by atoms with E-state index < -0.39 is 34.6 Å². The van der Waals surface area contributed by atoms with Gasteiger partial charge in [-0.05, 0) is 62.1 Å². The Labute approximate surface area is 215 Å². The molecule has 196 valence electrons. The highest BCUT2D eigenvalue weighted by Gasteiger charge is 2.24. The maximum absolute atomic E-state index is 15.0. The molecular formula is C31H31F5O. The van der Waals surface area contributed by atoms with E-state index in [1.54, 1.807) is 6.07 Å². The van der Waals surface area contributed by atoms with E-state index in [9.17, 15) is 8.78 Å². The summed E-state index contributed by atoms with van der Waals surface area (Å²) < 4.78 is 80.4. The minimum atomic E-state index is -1.35. The van der Waals surface area contributed by atoms with Gasteiger partial charge in [0.05, 0.1) is 12.7 Å². The van der Waals surface area contributed by atoms with Crippen LogP contribution in [0.4, 0.5) is 22.0 Å². The fourth-order valence-corrected chi connectivity index (χ4v) is 4.96. The van der Waals surface area contributed by atoms with E-state index in [2.05, 4.69) is 0 Å². The van der Waals surface area contributed by atoms with Crippen LogP contribution in [0.5, 0.6) is 0 Å². The monoisotopic (exact) mass is 514 g/mol. The summed E-state index contributed by atoms with van der Waals surface area (Å²) in [5.74, 6) is -5.37. The zero-order valence-electron chi connectivity index (χ0n) is 21.1. The first-order chi connectivity index (χ1) is 17.8. The number of halogens is 5. The Hall–Kier alpha value is -2.99. The summed E-state index contributed by atoms with van der Waals surface area (Å²) in [6.45, 7) is 4.47. The van der Waals surface area contributed by atoms with Crippen molar-refractivity contribution in [2.24, 2.45) is 5.92 Å². The molecule has 1 fully saturated rings. The van der Waals surface area contributed by atoms with Gasteiger partial charge < -0.3 is 4.74 Å². The predicted octanol–water partition coefficient (Wildman–Crippen LogP) is 8.97. The molecule has 0 bridgehead atoms. The molecule has 1 heterocycles. The largest absolute Gasteiger partial charge is 0.374 e. The second-order valence-electron chi connectivity index (χ2n) is 9.63. The first-order valence-corrected chi connectivity index (χ1v) is 12.8. The van der Waals surface area contributed by atoms with E-state index in [1.165, 1.54) is 30.3 Å². The van der Waals surface area contributed by atoms with Crippen molar-refractivity contribution in [2.75, 3.05) is 6.61 Å². The van der Waals surface area contributed by atoms with Gasteiger partial charge in [-0.3, -0.25) is 0 Å². The quantitative estimate of drug-likeness (QED) is 0.215. The van der Waals surface area contributed by atoms with Crippen LogP contribution in [0.15, 0.2) is 54.6 Å². The van der Waals surface area contributed by atoms with Crippen LogP contribution in [0.2, 0.25) is 0 Å². The molecule has 37 heavy (non-hydrogen) atoms.